The molecule has 0 spiro atoms. The lowest BCUT2D eigenvalue weighted by Gasteiger charge is -2.20. The first kappa shape index (κ1) is 18.8. The highest BCUT2D eigenvalue weighted by Crippen LogP contribution is 2.16. The van der Waals surface area contributed by atoms with Gasteiger partial charge in [-0.2, -0.15) is 0 Å². The number of halogens is 1. The quantitative estimate of drug-likeness (QED) is 0.458. The van der Waals surface area contributed by atoms with Gasteiger partial charge in [-0.25, -0.2) is 9.37 Å². The maximum Gasteiger partial charge on any atom is 0.214 e. The fourth-order valence-electron chi connectivity index (χ4n) is 2.40. The second-order valence-corrected chi connectivity index (χ2v) is 5.83. The lowest BCUT2D eigenvalue weighted by Crippen LogP contribution is -2.38. The van der Waals surface area contributed by atoms with Gasteiger partial charge in [0, 0.05) is 27.2 Å². The Morgan fingerprint density at radius 3 is 2.68 bits per heavy atom. The second-order valence-electron chi connectivity index (χ2n) is 5.83. The summed E-state index contributed by atoms with van der Waals surface area (Å²) < 4.78 is 19.3. The summed E-state index contributed by atoms with van der Waals surface area (Å²) in [5, 5.41) is 6.40. The van der Waals surface area contributed by atoms with Gasteiger partial charge in [0.05, 0.1) is 17.9 Å². The molecule has 2 N–H and O–H groups in total. The third-order valence-electron chi connectivity index (χ3n) is 3.93. The molecule has 0 aliphatic carbocycles. The molecule has 2 aromatic rings. The molecule has 2 rings (SSSR count). The molecule has 7 heteroatoms. The van der Waals surface area contributed by atoms with Crippen molar-refractivity contribution in [3.63, 3.8) is 0 Å². The van der Waals surface area contributed by atoms with Crippen LogP contribution in [-0.2, 0) is 6.54 Å². The number of guanidine groups is 1. The van der Waals surface area contributed by atoms with E-state index in [1.807, 2.05) is 31.9 Å². The monoisotopic (exact) mass is 347 g/mol. The molecule has 0 saturated heterocycles. The zero-order chi connectivity index (χ0) is 18.2. The fraction of sp³-hybridized carbons (Fsp3) is 0.444. The van der Waals surface area contributed by atoms with Crippen LogP contribution >= 0.6 is 0 Å². The number of nitrogens with zero attached hydrogens (tertiary/aromatic N) is 3. The molecular weight excluding hydrogens is 321 g/mol. The van der Waals surface area contributed by atoms with Crippen molar-refractivity contribution in [2.75, 3.05) is 32.1 Å². The molecule has 0 atom stereocenters. The fourth-order valence-corrected chi connectivity index (χ4v) is 2.40. The predicted octanol–water partition coefficient (Wildman–Crippen LogP) is 2.62. The maximum absolute atomic E-state index is 13.7. The lowest BCUT2D eigenvalue weighted by molar-refractivity contribution is 0.463. The Kier molecular flexibility index (Phi) is 6.80. The summed E-state index contributed by atoms with van der Waals surface area (Å²) >= 11 is 0. The number of oxazole rings is 1. The average Bonchev–Trinajstić information content (AvgIpc) is 2.92. The molecule has 6 nitrogen and oxygen atoms in total. The molecule has 0 fully saturated rings. The van der Waals surface area contributed by atoms with Gasteiger partial charge in [-0.05, 0) is 32.4 Å². The van der Waals surface area contributed by atoms with Gasteiger partial charge >= 0.3 is 0 Å². The molecule has 0 aliphatic rings. The summed E-state index contributed by atoms with van der Waals surface area (Å²) in [5.74, 6) is 1.95. The number of hydrogen-bond donors (Lipinski definition) is 2. The van der Waals surface area contributed by atoms with Crippen LogP contribution in [0.2, 0.25) is 0 Å². The molecule has 136 valence electrons. The third kappa shape index (κ3) is 5.48. The zero-order valence-electron chi connectivity index (χ0n) is 15.3. The van der Waals surface area contributed by atoms with E-state index in [1.165, 1.54) is 6.07 Å². The normalized spacial score (nSPS) is 11.5. The summed E-state index contributed by atoms with van der Waals surface area (Å²) in [6.45, 7) is 5.75. The molecule has 1 heterocycles. The van der Waals surface area contributed by atoms with E-state index in [4.69, 9.17) is 4.42 Å². The highest BCUT2D eigenvalue weighted by molar-refractivity contribution is 5.79. The van der Waals surface area contributed by atoms with Crippen molar-refractivity contribution in [2.45, 2.75) is 26.8 Å². The summed E-state index contributed by atoms with van der Waals surface area (Å²) in [7, 11) is 3.60. The van der Waals surface area contributed by atoms with Gasteiger partial charge < -0.3 is 20.0 Å². The van der Waals surface area contributed by atoms with Crippen molar-refractivity contribution < 1.29 is 8.81 Å². The van der Waals surface area contributed by atoms with E-state index in [0.717, 1.165) is 31.0 Å². The van der Waals surface area contributed by atoms with E-state index < -0.39 is 0 Å². The summed E-state index contributed by atoms with van der Waals surface area (Å²) in [4.78, 5) is 10.4. The molecule has 0 radical (unpaired) electrons. The Morgan fingerprint density at radius 2 is 2.04 bits per heavy atom. The van der Waals surface area contributed by atoms with Crippen molar-refractivity contribution in [3.05, 3.63) is 47.4 Å². The van der Waals surface area contributed by atoms with Crippen LogP contribution in [0.4, 0.5) is 10.1 Å². The molecule has 0 amide bonds. The first-order chi connectivity index (χ1) is 12.0. The van der Waals surface area contributed by atoms with Crippen molar-refractivity contribution in [2.24, 2.45) is 4.99 Å². The smallest absolute Gasteiger partial charge is 0.214 e. The number of aliphatic imine (C=N–C) groups is 1. The summed E-state index contributed by atoms with van der Waals surface area (Å²) in [6.07, 6.45) is 0.850. The zero-order valence-corrected chi connectivity index (χ0v) is 15.3. The molecule has 0 unspecified atom stereocenters. The van der Waals surface area contributed by atoms with Crippen molar-refractivity contribution in [1.29, 1.82) is 0 Å². The third-order valence-corrected chi connectivity index (χ3v) is 3.93. The number of benzene rings is 1. The Hall–Kier alpha value is -2.57. The maximum atomic E-state index is 13.7. The van der Waals surface area contributed by atoms with Gasteiger partial charge in [-0.3, -0.25) is 4.99 Å². The van der Waals surface area contributed by atoms with Crippen molar-refractivity contribution in [3.8, 4) is 0 Å². The first-order valence-corrected chi connectivity index (χ1v) is 8.34. The van der Waals surface area contributed by atoms with Gasteiger partial charge in [0.15, 0.2) is 5.96 Å². The van der Waals surface area contributed by atoms with Crippen LogP contribution in [0, 0.1) is 19.7 Å². The summed E-state index contributed by atoms with van der Waals surface area (Å²) in [6, 6.07) is 6.79. The topological polar surface area (TPSA) is 65.7 Å². The Morgan fingerprint density at radius 1 is 1.28 bits per heavy atom. The average molecular weight is 347 g/mol. The van der Waals surface area contributed by atoms with E-state index in [0.29, 0.717) is 24.1 Å². The Balaban J connectivity index is 1.71. The molecular formula is C18H26FN5O. The van der Waals surface area contributed by atoms with Crippen LogP contribution in [0.1, 0.15) is 23.8 Å². The van der Waals surface area contributed by atoms with E-state index in [-0.39, 0.29) is 5.82 Å². The van der Waals surface area contributed by atoms with Crippen LogP contribution in [0.15, 0.2) is 33.7 Å². The minimum atomic E-state index is -0.202. The highest BCUT2D eigenvalue weighted by atomic mass is 19.1. The van der Waals surface area contributed by atoms with Crippen LogP contribution < -0.4 is 15.5 Å². The minimum absolute atomic E-state index is 0.202. The van der Waals surface area contributed by atoms with Crippen LogP contribution in [-0.4, -0.2) is 38.1 Å². The van der Waals surface area contributed by atoms with Crippen LogP contribution in [0.3, 0.4) is 0 Å². The van der Waals surface area contributed by atoms with Gasteiger partial charge in [-0.1, -0.05) is 12.1 Å². The Bertz CT molecular complexity index is 694. The van der Waals surface area contributed by atoms with E-state index in [2.05, 4.69) is 20.6 Å². The van der Waals surface area contributed by atoms with Crippen molar-refractivity contribution in [1.82, 2.24) is 15.6 Å². The van der Waals surface area contributed by atoms with Gasteiger partial charge in [0.1, 0.15) is 11.6 Å². The Labute approximate surface area is 148 Å². The van der Waals surface area contributed by atoms with E-state index in [9.17, 15) is 4.39 Å². The van der Waals surface area contributed by atoms with Crippen LogP contribution in [0.25, 0.3) is 0 Å². The number of nitrogens with one attached hydrogen (secondary N) is 2. The largest absolute Gasteiger partial charge is 0.444 e. The number of aryl methyl sites for hydroxylation is 2. The van der Waals surface area contributed by atoms with Gasteiger partial charge in [0.2, 0.25) is 5.89 Å². The van der Waals surface area contributed by atoms with E-state index >= 15 is 0 Å². The number of rotatable bonds is 7. The number of aromatic nitrogens is 1. The second kappa shape index (κ2) is 9.05. The molecule has 25 heavy (non-hydrogen) atoms. The molecule has 0 saturated carbocycles. The van der Waals surface area contributed by atoms with Gasteiger partial charge in [0.25, 0.3) is 0 Å². The molecule has 0 bridgehead atoms. The molecule has 1 aromatic heterocycles. The van der Waals surface area contributed by atoms with Crippen molar-refractivity contribution >= 4 is 11.6 Å². The van der Waals surface area contributed by atoms with E-state index in [1.54, 1.807) is 19.2 Å². The SMILES string of the molecule is CN=C(NCCCN(C)c1ccccc1F)NCc1nc(C)c(C)o1. The van der Waals surface area contributed by atoms with Crippen LogP contribution in [0.5, 0.6) is 0 Å². The minimum Gasteiger partial charge on any atom is -0.444 e. The number of para-hydroxylation sites is 1. The van der Waals surface area contributed by atoms with Gasteiger partial charge in [-0.15, -0.1) is 0 Å². The lowest BCUT2D eigenvalue weighted by atomic mass is 10.2. The predicted molar refractivity (Wildman–Crippen MR) is 98.5 cm³/mol. The number of anilines is 1. The molecule has 1 aromatic carbocycles. The first-order valence-electron chi connectivity index (χ1n) is 8.34. The summed E-state index contributed by atoms with van der Waals surface area (Å²) in [5.41, 5.74) is 1.51. The molecule has 0 aliphatic heterocycles. The standard InChI is InChI=1S/C18H26FN5O/c1-13-14(2)25-17(23-13)12-22-18(20-3)21-10-7-11-24(4)16-9-6-5-8-15(16)19/h5-6,8-9H,7,10-12H2,1-4H3,(H2,20,21,22). The highest BCUT2D eigenvalue weighted by Gasteiger charge is 2.07. The number of hydrogen-bond acceptors (Lipinski definition) is 4.